The largest absolute Gasteiger partial charge is 0.459 e. The van der Waals surface area contributed by atoms with E-state index in [0.717, 1.165) is 11.0 Å². The molecule has 2 aromatic heterocycles. The molecule has 0 fully saturated rings. The number of benzene rings is 1. The molecule has 1 N–H and O–H groups in total. The van der Waals surface area contributed by atoms with Crippen LogP contribution in [0.15, 0.2) is 53.3 Å². The molecule has 3 rings (SSSR count). The summed E-state index contributed by atoms with van der Waals surface area (Å²) in [6, 6.07) is 10.9. The Morgan fingerprint density at radius 3 is 2.79 bits per heavy atom. The van der Waals surface area contributed by atoms with Crippen molar-refractivity contribution in [3.8, 4) is 0 Å². The molecule has 0 spiro atoms. The first kappa shape index (κ1) is 11.4. The Labute approximate surface area is 109 Å². The van der Waals surface area contributed by atoms with Crippen molar-refractivity contribution in [1.82, 2.24) is 15.3 Å². The Hall–Kier alpha value is -2.69. The molecule has 0 aliphatic rings. The van der Waals surface area contributed by atoms with E-state index in [9.17, 15) is 4.79 Å². The Bertz CT molecular complexity index is 708. The van der Waals surface area contributed by atoms with Crippen molar-refractivity contribution in [2.24, 2.45) is 0 Å². The topological polar surface area (TPSA) is 68.0 Å². The highest BCUT2D eigenvalue weighted by Gasteiger charge is 2.08. The lowest BCUT2D eigenvalue weighted by atomic mass is 10.3. The summed E-state index contributed by atoms with van der Waals surface area (Å²) in [5.41, 5.74) is 2.36. The Morgan fingerprint density at radius 1 is 1.16 bits per heavy atom. The number of rotatable bonds is 3. The quantitative estimate of drug-likeness (QED) is 0.776. The number of nitrogens with one attached hydrogen (secondary N) is 1. The van der Waals surface area contributed by atoms with Gasteiger partial charge in [0.15, 0.2) is 5.76 Å². The number of fused-ring (bicyclic) bond motifs is 1. The Morgan fingerprint density at radius 2 is 2.00 bits per heavy atom. The van der Waals surface area contributed by atoms with Crippen LogP contribution < -0.4 is 5.32 Å². The molecule has 1 amide bonds. The standard InChI is InChI=1S/C14H11N3O2/c18-14(13-6-3-7-19-13)16-9-10-8-15-11-4-1-2-5-12(11)17-10/h1-8H,9H2,(H,16,18). The third-order valence-corrected chi connectivity index (χ3v) is 2.67. The molecule has 0 radical (unpaired) electrons. The second-order valence-corrected chi connectivity index (χ2v) is 4.01. The van der Waals surface area contributed by atoms with Gasteiger partial charge in [-0.3, -0.25) is 9.78 Å². The van der Waals surface area contributed by atoms with Gasteiger partial charge in [-0.25, -0.2) is 4.98 Å². The third kappa shape index (κ3) is 2.44. The second-order valence-electron chi connectivity index (χ2n) is 4.01. The smallest absolute Gasteiger partial charge is 0.287 e. The summed E-state index contributed by atoms with van der Waals surface area (Å²) in [6.07, 6.45) is 3.12. The minimum Gasteiger partial charge on any atom is -0.459 e. The summed E-state index contributed by atoms with van der Waals surface area (Å²) in [4.78, 5) is 20.4. The second kappa shape index (κ2) is 4.89. The van der Waals surface area contributed by atoms with E-state index >= 15 is 0 Å². The summed E-state index contributed by atoms with van der Waals surface area (Å²) in [5, 5.41) is 2.73. The van der Waals surface area contributed by atoms with E-state index in [-0.39, 0.29) is 11.7 Å². The SMILES string of the molecule is O=C(NCc1cnc2ccccc2n1)c1ccco1. The van der Waals surface area contributed by atoms with E-state index in [1.165, 1.54) is 6.26 Å². The summed E-state index contributed by atoms with van der Waals surface area (Å²) in [7, 11) is 0. The first-order valence-electron chi connectivity index (χ1n) is 5.85. The van der Waals surface area contributed by atoms with E-state index in [2.05, 4.69) is 15.3 Å². The fraction of sp³-hybridized carbons (Fsp3) is 0.0714. The van der Waals surface area contributed by atoms with Gasteiger partial charge >= 0.3 is 0 Å². The number of nitrogens with zero attached hydrogens (tertiary/aromatic N) is 2. The third-order valence-electron chi connectivity index (χ3n) is 2.67. The lowest BCUT2D eigenvalue weighted by molar-refractivity contribution is 0.0922. The van der Waals surface area contributed by atoms with Crippen LogP contribution in [-0.4, -0.2) is 15.9 Å². The van der Waals surface area contributed by atoms with Gasteiger partial charge in [0.2, 0.25) is 0 Å². The predicted octanol–water partition coefficient (Wildman–Crippen LogP) is 2.15. The number of hydrogen-bond donors (Lipinski definition) is 1. The highest BCUT2D eigenvalue weighted by Crippen LogP contribution is 2.08. The monoisotopic (exact) mass is 253 g/mol. The number of hydrogen-bond acceptors (Lipinski definition) is 4. The molecule has 0 aliphatic carbocycles. The first-order chi connectivity index (χ1) is 9.33. The summed E-state index contributed by atoms with van der Waals surface area (Å²) in [6.45, 7) is 0.317. The average molecular weight is 253 g/mol. The number of furan rings is 1. The van der Waals surface area contributed by atoms with Gasteiger partial charge in [-0.1, -0.05) is 12.1 Å². The van der Waals surface area contributed by atoms with Gasteiger partial charge in [-0.05, 0) is 24.3 Å². The van der Waals surface area contributed by atoms with Crippen molar-refractivity contribution in [3.05, 3.63) is 60.3 Å². The molecule has 94 valence electrons. The van der Waals surface area contributed by atoms with Gasteiger partial charge in [0.1, 0.15) is 0 Å². The molecular formula is C14H11N3O2. The maximum absolute atomic E-state index is 11.7. The van der Waals surface area contributed by atoms with Crippen molar-refractivity contribution < 1.29 is 9.21 Å². The molecule has 0 saturated carbocycles. The average Bonchev–Trinajstić information content (AvgIpc) is 2.99. The predicted molar refractivity (Wildman–Crippen MR) is 69.4 cm³/mol. The highest BCUT2D eigenvalue weighted by atomic mass is 16.3. The fourth-order valence-electron chi connectivity index (χ4n) is 1.75. The minimum atomic E-state index is -0.264. The van der Waals surface area contributed by atoms with Crippen LogP contribution in [0.4, 0.5) is 0 Å². The van der Waals surface area contributed by atoms with Crippen molar-refractivity contribution in [2.75, 3.05) is 0 Å². The van der Waals surface area contributed by atoms with E-state index in [1.54, 1.807) is 18.3 Å². The van der Waals surface area contributed by atoms with Gasteiger partial charge in [0.25, 0.3) is 5.91 Å². The molecule has 5 nitrogen and oxygen atoms in total. The summed E-state index contributed by atoms with van der Waals surface area (Å²) < 4.78 is 5.01. The van der Waals surface area contributed by atoms with Crippen molar-refractivity contribution in [1.29, 1.82) is 0 Å². The number of amides is 1. The van der Waals surface area contributed by atoms with Crippen LogP contribution in [0.2, 0.25) is 0 Å². The molecule has 3 aromatic rings. The summed E-state index contributed by atoms with van der Waals surface area (Å²) in [5.74, 6) is 0.0220. The van der Waals surface area contributed by atoms with E-state index in [1.807, 2.05) is 24.3 Å². The van der Waals surface area contributed by atoms with Crippen LogP contribution in [0, 0.1) is 0 Å². The lowest BCUT2D eigenvalue weighted by Crippen LogP contribution is -2.22. The van der Waals surface area contributed by atoms with Gasteiger partial charge in [0, 0.05) is 0 Å². The summed E-state index contributed by atoms with van der Waals surface area (Å²) >= 11 is 0. The van der Waals surface area contributed by atoms with Crippen molar-refractivity contribution in [3.63, 3.8) is 0 Å². The van der Waals surface area contributed by atoms with Gasteiger partial charge in [-0.15, -0.1) is 0 Å². The fourth-order valence-corrected chi connectivity index (χ4v) is 1.75. The maximum Gasteiger partial charge on any atom is 0.287 e. The van der Waals surface area contributed by atoms with Crippen LogP contribution in [0.25, 0.3) is 11.0 Å². The van der Waals surface area contributed by atoms with Gasteiger partial charge in [0.05, 0.1) is 35.7 Å². The maximum atomic E-state index is 11.7. The molecule has 19 heavy (non-hydrogen) atoms. The van der Waals surface area contributed by atoms with Crippen LogP contribution in [-0.2, 0) is 6.54 Å². The number of carbonyl (C=O) groups excluding carboxylic acids is 1. The zero-order valence-electron chi connectivity index (χ0n) is 10.0. The lowest BCUT2D eigenvalue weighted by Gasteiger charge is -2.03. The normalized spacial score (nSPS) is 10.5. The van der Waals surface area contributed by atoms with E-state index < -0.39 is 0 Å². The molecule has 1 aromatic carbocycles. The molecule has 0 saturated heterocycles. The number of aromatic nitrogens is 2. The molecule has 0 aliphatic heterocycles. The van der Waals surface area contributed by atoms with Crippen molar-refractivity contribution >= 4 is 16.9 Å². The molecule has 0 atom stereocenters. The Balaban J connectivity index is 1.73. The number of para-hydroxylation sites is 2. The highest BCUT2D eigenvalue weighted by molar-refractivity contribution is 5.91. The van der Waals surface area contributed by atoms with Gasteiger partial charge in [-0.2, -0.15) is 0 Å². The molecular weight excluding hydrogens is 242 g/mol. The number of carbonyl (C=O) groups is 1. The van der Waals surface area contributed by atoms with Crippen LogP contribution in [0.3, 0.4) is 0 Å². The van der Waals surface area contributed by atoms with Crippen molar-refractivity contribution in [2.45, 2.75) is 6.54 Å². The van der Waals surface area contributed by atoms with Gasteiger partial charge < -0.3 is 9.73 Å². The zero-order valence-corrected chi connectivity index (χ0v) is 10.0. The van der Waals surface area contributed by atoms with E-state index in [4.69, 9.17) is 4.42 Å². The van der Waals surface area contributed by atoms with E-state index in [0.29, 0.717) is 12.2 Å². The van der Waals surface area contributed by atoms with Crippen LogP contribution in [0.1, 0.15) is 16.2 Å². The molecule has 0 unspecified atom stereocenters. The van der Waals surface area contributed by atoms with Crippen LogP contribution in [0.5, 0.6) is 0 Å². The zero-order chi connectivity index (χ0) is 13.1. The Kier molecular flexibility index (Phi) is 2.94. The van der Waals surface area contributed by atoms with Crippen LogP contribution >= 0.6 is 0 Å². The minimum absolute atomic E-state index is 0.264. The molecule has 2 heterocycles. The molecule has 5 heteroatoms. The molecule has 0 bridgehead atoms. The first-order valence-corrected chi connectivity index (χ1v) is 5.85.